The Kier molecular flexibility index (Phi) is 4.21. The van der Waals surface area contributed by atoms with Crippen LogP contribution in [-0.4, -0.2) is 29.2 Å². The molecule has 1 atom stereocenters. The number of carbonyl (C=O) groups is 1. The van der Waals surface area contributed by atoms with Crippen molar-refractivity contribution in [2.75, 3.05) is 18.4 Å². The fraction of sp³-hybridized carbons (Fsp3) is 0.500. The molecule has 0 bridgehead atoms. The monoisotopic (exact) mass is 295 g/mol. The Morgan fingerprint density at radius 3 is 2.94 bits per heavy atom. The van der Waals surface area contributed by atoms with Crippen molar-refractivity contribution < 1.29 is 4.79 Å². The fourth-order valence-electron chi connectivity index (χ4n) is 2.28. The Morgan fingerprint density at radius 1 is 1.41 bits per heavy atom. The van der Waals surface area contributed by atoms with Crippen molar-refractivity contribution in [2.45, 2.75) is 19.8 Å². The number of benzene rings is 1. The first kappa shape index (κ1) is 12.6. The van der Waals surface area contributed by atoms with Gasteiger partial charge in [0.1, 0.15) is 0 Å². The van der Waals surface area contributed by atoms with E-state index in [0.717, 1.165) is 36.8 Å². The molecule has 0 saturated heterocycles. The van der Waals surface area contributed by atoms with Crippen LogP contribution in [0.5, 0.6) is 0 Å². The second kappa shape index (κ2) is 5.67. The van der Waals surface area contributed by atoms with Crippen LogP contribution >= 0.6 is 15.9 Å². The van der Waals surface area contributed by atoms with E-state index in [2.05, 4.69) is 28.9 Å². The van der Waals surface area contributed by atoms with Crippen LogP contribution < -0.4 is 0 Å². The third-order valence-corrected chi connectivity index (χ3v) is 4.31. The Labute approximate surface area is 111 Å². The molecule has 0 N–H and O–H groups in total. The summed E-state index contributed by atoms with van der Waals surface area (Å²) in [6, 6.07) is 8.00. The average Bonchev–Trinajstić information content (AvgIpc) is 2.51. The maximum atomic E-state index is 12.4. The lowest BCUT2D eigenvalue weighted by Crippen LogP contribution is -2.35. The minimum absolute atomic E-state index is 0.200. The van der Waals surface area contributed by atoms with Gasteiger partial charge in [-0.2, -0.15) is 0 Å². The topological polar surface area (TPSA) is 20.3 Å². The molecule has 0 aliphatic carbocycles. The second-order valence-electron chi connectivity index (χ2n) is 4.77. The van der Waals surface area contributed by atoms with Crippen molar-refractivity contribution in [3.05, 3.63) is 35.4 Å². The zero-order valence-electron chi connectivity index (χ0n) is 10.2. The van der Waals surface area contributed by atoms with E-state index >= 15 is 0 Å². The molecular formula is C14H18BrNO. The first-order valence-electron chi connectivity index (χ1n) is 6.15. The third-order valence-electron chi connectivity index (χ3n) is 3.20. The van der Waals surface area contributed by atoms with Gasteiger partial charge in [-0.05, 0) is 30.4 Å². The number of hydrogen-bond donors (Lipinski definition) is 0. The van der Waals surface area contributed by atoms with Crippen molar-refractivity contribution >= 4 is 21.8 Å². The normalized spacial score (nSPS) is 17.5. The Hall–Kier alpha value is -0.830. The molecule has 1 heterocycles. The van der Waals surface area contributed by atoms with Crippen molar-refractivity contribution in [3.63, 3.8) is 0 Å². The number of fused-ring (bicyclic) bond motifs is 1. The summed E-state index contributed by atoms with van der Waals surface area (Å²) in [5.74, 6) is 0.704. The maximum absolute atomic E-state index is 12.4. The van der Waals surface area contributed by atoms with Crippen LogP contribution in [0, 0.1) is 5.92 Å². The minimum atomic E-state index is 0.200. The first-order chi connectivity index (χ1) is 8.22. The Morgan fingerprint density at radius 2 is 2.18 bits per heavy atom. The predicted octanol–water partition coefficient (Wildman–Crippen LogP) is 3.11. The zero-order valence-corrected chi connectivity index (χ0v) is 11.7. The van der Waals surface area contributed by atoms with Crippen molar-refractivity contribution in [2.24, 2.45) is 5.92 Å². The lowest BCUT2D eigenvalue weighted by molar-refractivity contribution is 0.0743. The molecule has 2 nitrogen and oxygen atoms in total. The number of hydrogen-bond acceptors (Lipinski definition) is 1. The molecule has 0 radical (unpaired) electrons. The van der Waals surface area contributed by atoms with Gasteiger partial charge in [-0.3, -0.25) is 4.79 Å². The molecule has 1 unspecified atom stereocenters. The van der Waals surface area contributed by atoms with Gasteiger partial charge in [-0.1, -0.05) is 41.1 Å². The van der Waals surface area contributed by atoms with E-state index in [1.165, 1.54) is 5.56 Å². The smallest absolute Gasteiger partial charge is 0.254 e. The highest BCUT2D eigenvalue weighted by Crippen LogP contribution is 2.19. The summed E-state index contributed by atoms with van der Waals surface area (Å²) in [6.07, 6.45) is 2.08. The van der Waals surface area contributed by atoms with E-state index in [9.17, 15) is 4.79 Å². The molecule has 92 valence electrons. The molecule has 0 aromatic heterocycles. The molecule has 1 aromatic carbocycles. The van der Waals surface area contributed by atoms with Crippen LogP contribution in [0.3, 0.4) is 0 Å². The molecule has 2 rings (SSSR count). The van der Waals surface area contributed by atoms with E-state index in [1.807, 2.05) is 23.1 Å². The van der Waals surface area contributed by atoms with Gasteiger partial charge in [0.15, 0.2) is 0 Å². The third kappa shape index (κ3) is 2.89. The van der Waals surface area contributed by atoms with Crippen LogP contribution in [0.2, 0.25) is 0 Å². The van der Waals surface area contributed by atoms with E-state index < -0.39 is 0 Å². The summed E-state index contributed by atoms with van der Waals surface area (Å²) < 4.78 is 0. The molecule has 17 heavy (non-hydrogen) atoms. The molecule has 1 aliphatic heterocycles. The van der Waals surface area contributed by atoms with Gasteiger partial charge >= 0.3 is 0 Å². The van der Waals surface area contributed by atoms with Gasteiger partial charge in [-0.15, -0.1) is 0 Å². The standard InChI is InChI=1S/C14H18BrNO/c1-11(9-15)10-16-8-4-6-12-5-2-3-7-13(12)14(16)17/h2-3,5,7,11H,4,6,8-10H2,1H3. The molecule has 3 heteroatoms. The fourth-order valence-corrected chi connectivity index (χ4v) is 2.48. The molecule has 0 saturated carbocycles. The van der Waals surface area contributed by atoms with Gasteiger partial charge in [0.05, 0.1) is 0 Å². The van der Waals surface area contributed by atoms with Crippen LogP contribution in [0.4, 0.5) is 0 Å². The summed E-state index contributed by atoms with van der Waals surface area (Å²) in [5, 5.41) is 0.943. The minimum Gasteiger partial charge on any atom is -0.338 e. The summed E-state index contributed by atoms with van der Waals surface area (Å²) in [7, 11) is 0. The lowest BCUT2D eigenvalue weighted by atomic mass is 10.0. The molecule has 1 amide bonds. The van der Waals surface area contributed by atoms with E-state index in [-0.39, 0.29) is 5.91 Å². The quantitative estimate of drug-likeness (QED) is 0.785. The molecule has 1 aliphatic rings. The number of rotatable bonds is 3. The van der Waals surface area contributed by atoms with E-state index in [1.54, 1.807) is 0 Å². The highest BCUT2D eigenvalue weighted by molar-refractivity contribution is 9.09. The lowest BCUT2D eigenvalue weighted by Gasteiger charge is -2.23. The van der Waals surface area contributed by atoms with Crippen molar-refractivity contribution in [1.82, 2.24) is 4.90 Å². The molecule has 0 spiro atoms. The molecule has 0 fully saturated rings. The van der Waals surface area contributed by atoms with Gasteiger partial charge in [0.25, 0.3) is 5.91 Å². The second-order valence-corrected chi connectivity index (χ2v) is 5.42. The highest BCUT2D eigenvalue weighted by atomic mass is 79.9. The SMILES string of the molecule is CC(CBr)CN1CCCc2ccccc2C1=O. The summed E-state index contributed by atoms with van der Waals surface area (Å²) in [5.41, 5.74) is 2.10. The average molecular weight is 296 g/mol. The van der Waals surface area contributed by atoms with Crippen LogP contribution in [-0.2, 0) is 6.42 Å². The Balaban J connectivity index is 2.20. The zero-order chi connectivity index (χ0) is 12.3. The maximum Gasteiger partial charge on any atom is 0.254 e. The number of amides is 1. The van der Waals surface area contributed by atoms with E-state index in [4.69, 9.17) is 0 Å². The van der Waals surface area contributed by atoms with Gasteiger partial charge in [0.2, 0.25) is 0 Å². The number of aryl methyl sites for hydroxylation is 1. The largest absolute Gasteiger partial charge is 0.338 e. The van der Waals surface area contributed by atoms with Crippen molar-refractivity contribution in [3.8, 4) is 0 Å². The Bertz CT molecular complexity index is 405. The molecular weight excluding hydrogens is 278 g/mol. The van der Waals surface area contributed by atoms with Crippen LogP contribution in [0.25, 0.3) is 0 Å². The summed E-state index contributed by atoms with van der Waals surface area (Å²) >= 11 is 3.47. The first-order valence-corrected chi connectivity index (χ1v) is 7.27. The highest BCUT2D eigenvalue weighted by Gasteiger charge is 2.22. The number of alkyl halides is 1. The van der Waals surface area contributed by atoms with E-state index in [0.29, 0.717) is 5.92 Å². The summed E-state index contributed by atoms with van der Waals surface area (Å²) in [6.45, 7) is 3.89. The number of nitrogens with zero attached hydrogens (tertiary/aromatic N) is 1. The molecule has 1 aromatic rings. The van der Waals surface area contributed by atoms with Crippen LogP contribution in [0.1, 0.15) is 29.3 Å². The van der Waals surface area contributed by atoms with Crippen molar-refractivity contribution in [1.29, 1.82) is 0 Å². The van der Waals surface area contributed by atoms with Gasteiger partial charge in [-0.25, -0.2) is 0 Å². The number of carbonyl (C=O) groups excluding carboxylic acids is 1. The van der Waals surface area contributed by atoms with Gasteiger partial charge < -0.3 is 4.90 Å². The van der Waals surface area contributed by atoms with Gasteiger partial charge in [0, 0.05) is 24.0 Å². The predicted molar refractivity (Wildman–Crippen MR) is 73.6 cm³/mol. The number of halogens is 1. The van der Waals surface area contributed by atoms with Crippen LogP contribution in [0.15, 0.2) is 24.3 Å². The summed E-state index contributed by atoms with van der Waals surface area (Å²) in [4.78, 5) is 14.4.